The fourth-order valence-electron chi connectivity index (χ4n) is 3.06. The third kappa shape index (κ3) is 5.34. The molecular weight excluding hydrogens is 362 g/mol. The number of aromatic amines is 1. The van der Waals surface area contributed by atoms with E-state index in [0.29, 0.717) is 17.6 Å². The van der Waals surface area contributed by atoms with Crippen molar-refractivity contribution < 1.29 is 14.3 Å². The number of ether oxygens (including phenoxy) is 1. The van der Waals surface area contributed by atoms with Gasteiger partial charge in [0.15, 0.2) is 0 Å². The summed E-state index contributed by atoms with van der Waals surface area (Å²) in [7, 11) is 1.78. The molecule has 0 aliphatic heterocycles. The van der Waals surface area contributed by atoms with Gasteiger partial charge in [0.2, 0.25) is 5.91 Å². The summed E-state index contributed by atoms with van der Waals surface area (Å²) in [4.78, 5) is 38.8. The average molecular weight is 391 g/mol. The minimum absolute atomic E-state index is 0.182. The Labute approximate surface area is 163 Å². The van der Waals surface area contributed by atoms with Gasteiger partial charge in [0, 0.05) is 37.5 Å². The fourth-order valence-corrected chi connectivity index (χ4v) is 3.06. The molecule has 0 atom stereocenters. The van der Waals surface area contributed by atoms with Gasteiger partial charge in [0.05, 0.1) is 5.69 Å². The van der Waals surface area contributed by atoms with E-state index in [1.165, 1.54) is 0 Å². The van der Waals surface area contributed by atoms with Gasteiger partial charge in [-0.3, -0.25) is 14.3 Å². The summed E-state index contributed by atoms with van der Waals surface area (Å²) in [6.07, 6.45) is -0.0122. The van der Waals surface area contributed by atoms with E-state index < -0.39 is 11.7 Å². The SMILES string of the molecule is Cc1nn(C)c2[nH]c(=O)c(CCC(=O)NCCNC(=O)OC(C)(C)C)c(C)c12. The highest BCUT2D eigenvalue weighted by molar-refractivity contribution is 5.83. The number of aryl methyl sites for hydroxylation is 3. The zero-order chi connectivity index (χ0) is 21.1. The van der Waals surface area contributed by atoms with Crippen molar-refractivity contribution >= 4 is 23.0 Å². The highest BCUT2D eigenvalue weighted by Crippen LogP contribution is 2.21. The van der Waals surface area contributed by atoms with E-state index in [4.69, 9.17) is 4.74 Å². The topological polar surface area (TPSA) is 118 Å². The number of amides is 2. The highest BCUT2D eigenvalue weighted by Gasteiger charge is 2.17. The summed E-state index contributed by atoms with van der Waals surface area (Å²) in [6.45, 7) is 9.66. The van der Waals surface area contributed by atoms with Crippen LogP contribution in [0.2, 0.25) is 0 Å². The quantitative estimate of drug-likeness (QED) is 0.644. The lowest BCUT2D eigenvalue weighted by molar-refractivity contribution is -0.121. The molecule has 0 fully saturated rings. The van der Waals surface area contributed by atoms with Gasteiger partial charge in [-0.2, -0.15) is 5.10 Å². The molecule has 0 aliphatic rings. The second kappa shape index (κ2) is 8.45. The number of alkyl carbamates (subject to hydrolysis) is 1. The van der Waals surface area contributed by atoms with Crippen LogP contribution in [0.1, 0.15) is 44.0 Å². The minimum Gasteiger partial charge on any atom is -0.444 e. The molecule has 9 heteroatoms. The molecule has 0 aliphatic carbocycles. The first-order chi connectivity index (χ1) is 13.0. The predicted octanol–water partition coefficient (Wildman–Crippen LogP) is 1.45. The van der Waals surface area contributed by atoms with Crippen LogP contribution < -0.4 is 16.2 Å². The summed E-state index contributed by atoms with van der Waals surface area (Å²) < 4.78 is 6.76. The Balaban J connectivity index is 1.87. The van der Waals surface area contributed by atoms with Gasteiger partial charge in [-0.15, -0.1) is 0 Å². The van der Waals surface area contributed by atoms with Gasteiger partial charge in [-0.25, -0.2) is 4.79 Å². The van der Waals surface area contributed by atoms with Crippen molar-refractivity contribution in [1.82, 2.24) is 25.4 Å². The third-order valence-electron chi connectivity index (χ3n) is 4.27. The number of hydrogen-bond donors (Lipinski definition) is 3. The van der Waals surface area contributed by atoms with E-state index in [1.54, 1.807) is 32.5 Å². The van der Waals surface area contributed by atoms with Gasteiger partial charge >= 0.3 is 6.09 Å². The molecular formula is C19H29N5O4. The Bertz CT molecular complexity index is 936. The van der Waals surface area contributed by atoms with Gasteiger partial charge < -0.3 is 20.4 Å². The largest absolute Gasteiger partial charge is 0.444 e. The maximum Gasteiger partial charge on any atom is 0.407 e. The van der Waals surface area contributed by atoms with E-state index in [2.05, 4.69) is 20.7 Å². The number of fused-ring (bicyclic) bond motifs is 1. The Kier molecular flexibility index (Phi) is 6.48. The van der Waals surface area contributed by atoms with Crippen LogP contribution in [0.4, 0.5) is 4.79 Å². The van der Waals surface area contributed by atoms with E-state index in [1.807, 2.05) is 13.8 Å². The molecule has 2 rings (SSSR count). The molecule has 0 unspecified atom stereocenters. The first kappa shape index (κ1) is 21.5. The summed E-state index contributed by atoms with van der Waals surface area (Å²) in [6, 6.07) is 0. The Hall–Kier alpha value is -2.84. The van der Waals surface area contributed by atoms with Crippen LogP contribution in [0.15, 0.2) is 4.79 Å². The molecule has 0 spiro atoms. The number of aromatic nitrogens is 3. The van der Waals surface area contributed by atoms with Crippen LogP contribution in [0.5, 0.6) is 0 Å². The van der Waals surface area contributed by atoms with E-state index in [-0.39, 0.29) is 31.0 Å². The maximum atomic E-state index is 12.4. The number of carbonyl (C=O) groups excluding carboxylic acids is 2. The number of H-pyrrole nitrogens is 1. The van der Waals surface area contributed by atoms with E-state index >= 15 is 0 Å². The van der Waals surface area contributed by atoms with E-state index in [0.717, 1.165) is 16.6 Å². The van der Waals surface area contributed by atoms with Crippen molar-refractivity contribution in [3.8, 4) is 0 Å². The molecule has 0 saturated carbocycles. The number of rotatable bonds is 6. The number of nitrogens with zero attached hydrogens (tertiary/aromatic N) is 2. The fraction of sp³-hybridized carbons (Fsp3) is 0.579. The second-order valence-electron chi connectivity index (χ2n) is 7.77. The number of pyridine rings is 1. The number of hydrogen-bond acceptors (Lipinski definition) is 5. The van der Waals surface area contributed by atoms with Crippen molar-refractivity contribution in [2.75, 3.05) is 13.1 Å². The van der Waals surface area contributed by atoms with Crippen molar-refractivity contribution in [3.05, 3.63) is 27.2 Å². The molecule has 2 heterocycles. The lowest BCUT2D eigenvalue weighted by Crippen LogP contribution is -2.38. The Morgan fingerprint density at radius 2 is 1.82 bits per heavy atom. The lowest BCUT2D eigenvalue weighted by atomic mass is 10.0. The maximum absolute atomic E-state index is 12.4. The lowest BCUT2D eigenvalue weighted by Gasteiger charge is -2.19. The molecule has 3 N–H and O–H groups in total. The zero-order valence-corrected chi connectivity index (χ0v) is 17.4. The Morgan fingerprint density at radius 1 is 1.18 bits per heavy atom. The molecule has 28 heavy (non-hydrogen) atoms. The van der Waals surface area contributed by atoms with Crippen molar-refractivity contribution in [2.45, 2.75) is 53.1 Å². The molecule has 2 aromatic rings. The van der Waals surface area contributed by atoms with Crippen LogP contribution in [-0.2, 0) is 23.0 Å². The van der Waals surface area contributed by atoms with E-state index in [9.17, 15) is 14.4 Å². The molecule has 0 bridgehead atoms. The smallest absolute Gasteiger partial charge is 0.407 e. The molecule has 154 valence electrons. The standard InChI is InChI=1S/C19H29N5O4/c1-11-13(17(26)22-16-15(11)12(2)23-24(16)6)7-8-14(25)20-9-10-21-18(27)28-19(3,4)5/h7-10H2,1-6H3,(H,20,25)(H,21,27)(H,22,26). The predicted molar refractivity (Wildman–Crippen MR) is 106 cm³/mol. The average Bonchev–Trinajstić information content (AvgIpc) is 2.83. The third-order valence-corrected chi connectivity index (χ3v) is 4.27. The first-order valence-corrected chi connectivity index (χ1v) is 9.28. The van der Waals surface area contributed by atoms with Crippen molar-refractivity contribution in [2.24, 2.45) is 7.05 Å². The van der Waals surface area contributed by atoms with Gasteiger partial charge in [-0.05, 0) is 46.6 Å². The summed E-state index contributed by atoms with van der Waals surface area (Å²) in [5, 5.41) is 10.6. The summed E-state index contributed by atoms with van der Waals surface area (Å²) >= 11 is 0. The van der Waals surface area contributed by atoms with Gasteiger partial charge in [-0.1, -0.05) is 0 Å². The van der Waals surface area contributed by atoms with Crippen molar-refractivity contribution in [3.63, 3.8) is 0 Å². The van der Waals surface area contributed by atoms with Crippen LogP contribution in [0.25, 0.3) is 11.0 Å². The molecule has 0 radical (unpaired) electrons. The van der Waals surface area contributed by atoms with Crippen molar-refractivity contribution in [1.29, 1.82) is 0 Å². The summed E-state index contributed by atoms with van der Waals surface area (Å²) in [5.74, 6) is -0.187. The van der Waals surface area contributed by atoms with Crippen LogP contribution in [0, 0.1) is 13.8 Å². The van der Waals surface area contributed by atoms with Gasteiger partial charge in [0.1, 0.15) is 11.2 Å². The number of nitrogens with one attached hydrogen (secondary N) is 3. The highest BCUT2D eigenvalue weighted by atomic mass is 16.6. The molecule has 0 aromatic carbocycles. The molecule has 2 amide bonds. The number of carbonyl (C=O) groups is 2. The monoisotopic (exact) mass is 391 g/mol. The summed E-state index contributed by atoms with van der Waals surface area (Å²) in [5.41, 5.74) is 2.19. The molecule has 9 nitrogen and oxygen atoms in total. The normalized spacial score (nSPS) is 11.5. The minimum atomic E-state index is -0.564. The zero-order valence-electron chi connectivity index (χ0n) is 17.4. The molecule has 2 aromatic heterocycles. The van der Waals surface area contributed by atoms with Gasteiger partial charge in [0.25, 0.3) is 5.56 Å². The van der Waals surface area contributed by atoms with Crippen LogP contribution in [-0.4, -0.2) is 45.5 Å². The Morgan fingerprint density at radius 3 is 2.46 bits per heavy atom. The first-order valence-electron chi connectivity index (χ1n) is 9.28. The molecule has 0 saturated heterocycles. The second-order valence-corrected chi connectivity index (χ2v) is 7.77. The van der Waals surface area contributed by atoms with Crippen LogP contribution in [0.3, 0.4) is 0 Å². The van der Waals surface area contributed by atoms with Crippen LogP contribution >= 0.6 is 0 Å².